The average Bonchev–Trinajstić information content (AvgIpc) is 2.24. The molecule has 0 saturated carbocycles. The summed E-state index contributed by atoms with van der Waals surface area (Å²) in [5.74, 6) is 0.489. The fourth-order valence-electron chi connectivity index (χ4n) is 1.94. The highest BCUT2D eigenvalue weighted by Crippen LogP contribution is 2.20. The summed E-state index contributed by atoms with van der Waals surface area (Å²) in [6, 6.07) is 0. The molecule has 0 amide bonds. The lowest BCUT2D eigenvalue weighted by molar-refractivity contribution is -0.141. The summed E-state index contributed by atoms with van der Waals surface area (Å²) in [6.07, 6.45) is 9.26. The highest BCUT2D eigenvalue weighted by atomic mass is 16.5. The summed E-state index contributed by atoms with van der Waals surface area (Å²) in [7, 11) is 1.47. The SMILES string of the molecule is CCCCCCC(CCC)CC(=O)OC. The fourth-order valence-corrected chi connectivity index (χ4v) is 1.94. The van der Waals surface area contributed by atoms with Crippen molar-refractivity contribution in [1.82, 2.24) is 0 Å². The maximum absolute atomic E-state index is 11.2. The molecule has 2 heteroatoms. The number of carbonyl (C=O) groups is 1. The van der Waals surface area contributed by atoms with Crippen molar-refractivity contribution in [3.63, 3.8) is 0 Å². The third-order valence-corrected chi connectivity index (χ3v) is 2.85. The van der Waals surface area contributed by atoms with E-state index in [9.17, 15) is 4.79 Å². The summed E-state index contributed by atoms with van der Waals surface area (Å²) < 4.78 is 4.72. The second-order valence-corrected chi connectivity index (χ2v) is 4.28. The Balaban J connectivity index is 3.67. The van der Waals surface area contributed by atoms with Crippen molar-refractivity contribution in [2.24, 2.45) is 5.92 Å². The standard InChI is InChI=1S/C13H26O2/c1-4-6-7-8-10-12(9-5-2)11-13(14)15-3/h12H,4-11H2,1-3H3. The first-order valence-electron chi connectivity index (χ1n) is 6.31. The predicted octanol–water partition coefficient (Wildman–Crippen LogP) is 3.94. The molecule has 0 heterocycles. The molecule has 0 saturated heterocycles. The Kier molecular flexibility index (Phi) is 9.65. The number of hydrogen-bond acceptors (Lipinski definition) is 2. The highest BCUT2D eigenvalue weighted by molar-refractivity contribution is 5.69. The lowest BCUT2D eigenvalue weighted by Crippen LogP contribution is -2.10. The molecule has 0 aromatic heterocycles. The van der Waals surface area contributed by atoms with Crippen LogP contribution in [-0.2, 0) is 9.53 Å². The van der Waals surface area contributed by atoms with Gasteiger partial charge < -0.3 is 4.74 Å². The van der Waals surface area contributed by atoms with Crippen molar-refractivity contribution in [2.45, 2.75) is 65.2 Å². The molecule has 1 unspecified atom stereocenters. The minimum atomic E-state index is -0.0519. The van der Waals surface area contributed by atoms with E-state index in [1.54, 1.807) is 0 Å². The topological polar surface area (TPSA) is 26.3 Å². The number of unbranched alkanes of at least 4 members (excludes halogenated alkanes) is 3. The van der Waals surface area contributed by atoms with Gasteiger partial charge in [0.05, 0.1) is 7.11 Å². The molecule has 0 aromatic carbocycles. The Morgan fingerprint density at radius 3 is 2.33 bits per heavy atom. The van der Waals surface area contributed by atoms with Crippen LogP contribution in [0.3, 0.4) is 0 Å². The van der Waals surface area contributed by atoms with Gasteiger partial charge in [-0.25, -0.2) is 0 Å². The number of rotatable bonds is 9. The van der Waals surface area contributed by atoms with Crippen LogP contribution in [0.5, 0.6) is 0 Å². The van der Waals surface area contributed by atoms with Gasteiger partial charge in [-0.1, -0.05) is 52.4 Å². The van der Waals surface area contributed by atoms with E-state index in [1.165, 1.54) is 39.2 Å². The van der Waals surface area contributed by atoms with E-state index in [1.807, 2.05) is 0 Å². The number of carbonyl (C=O) groups excluding carboxylic acids is 1. The molecular formula is C13H26O2. The van der Waals surface area contributed by atoms with E-state index >= 15 is 0 Å². The molecule has 0 aromatic rings. The quantitative estimate of drug-likeness (QED) is 0.429. The van der Waals surface area contributed by atoms with Gasteiger partial charge in [0.2, 0.25) is 0 Å². The van der Waals surface area contributed by atoms with Crippen molar-refractivity contribution >= 4 is 5.97 Å². The minimum Gasteiger partial charge on any atom is -0.469 e. The first-order chi connectivity index (χ1) is 7.24. The van der Waals surface area contributed by atoms with Crippen LogP contribution >= 0.6 is 0 Å². The molecule has 0 radical (unpaired) electrons. The third-order valence-electron chi connectivity index (χ3n) is 2.85. The molecule has 0 spiro atoms. The van der Waals surface area contributed by atoms with Crippen LogP contribution in [0.25, 0.3) is 0 Å². The second-order valence-electron chi connectivity index (χ2n) is 4.28. The molecular weight excluding hydrogens is 188 g/mol. The molecule has 0 aliphatic heterocycles. The zero-order valence-corrected chi connectivity index (χ0v) is 10.6. The smallest absolute Gasteiger partial charge is 0.305 e. The molecule has 2 nitrogen and oxygen atoms in total. The molecule has 1 atom stereocenters. The van der Waals surface area contributed by atoms with Crippen molar-refractivity contribution in [3.8, 4) is 0 Å². The zero-order valence-electron chi connectivity index (χ0n) is 10.6. The maximum atomic E-state index is 11.2. The van der Waals surface area contributed by atoms with Crippen LogP contribution in [0.2, 0.25) is 0 Å². The Bertz CT molecular complexity index is 155. The maximum Gasteiger partial charge on any atom is 0.305 e. The van der Waals surface area contributed by atoms with Gasteiger partial charge in [-0.15, -0.1) is 0 Å². The van der Waals surface area contributed by atoms with Gasteiger partial charge in [-0.05, 0) is 12.3 Å². The summed E-state index contributed by atoms with van der Waals surface area (Å²) in [6.45, 7) is 4.40. The molecule has 0 rings (SSSR count). The monoisotopic (exact) mass is 214 g/mol. The van der Waals surface area contributed by atoms with Crippen molar-refractivity contribution in [3.05, 3.63) is 0 Å². The number of ether oxygens (including phenoxy) is 1. The van der Waals surface area contributed by atoms with Gasteiger partial charge in [0.15, 0.2) is 0 Å². The van der Waals surface area contributed by atoms with Crippen LogP contribution in [0.15, 0.2) is 0 Å². The van der Waals surface area contributed by atoms with Crippen LogP contribution < -0.4 is 0 Å². The van der Waals surface area contributed by atoms with Crippen LogP contribution in [0.4, 0.5) is 0 Å². The Hall–Kier alpha value is -0.530. The van der Waals surface area contributed by atoms with Gasteiger partial charge in [0.25, 0.3) is 0 Å². The lowest BCUT2D eigenvalue weighted by atomic mass is 9.93. The summed E-state index contributed by atoms with van der Waals surface area (Å²) in [5.41, 5.74) is 0. The average molecular weight is 214 g/mol. The minimum absolute atomic E-state index is 0.0519. The van der Waals surface area contributed by atoms with Gasteiger partial charge in [-0.3, -0.25) is 4.79 Å². The Labute approximate surface area is 94.4 Å². The van der Waals surface area contributed by atoms with Gasteiger partial charge in [0, 0.05) is 6.42 Å². The number of esters is 1. The van der Waals surface area contributed by atoms with Crippen molar-refractivity contribution in [2.75, 3.05) is 7.11 Å². The third kappa shape index (κ3) is 8.46. The first-order valence-corrected chi connectivity index (χ1v) is 6.31. The highest BCUT2D eigenvalue weighted by Gasteiger charge is 2.12. The zero-order chi connectivity index (χ0) is 11.5. The van der Waals surface area contributed by atoms with Gasteiger partial charge in [0.1, 0.15) is 0 Å². The van der Waals surface area contributed by atoms with E-state index in [-0.39, 0.29) is 5.97 Å². The normalized spacial score (nSPS) is 12.5. The van der Waals surface area contributed by atoms with Gasteiger partial charge in [-0.2, -0.15) is 0 Å². The van der Waals surface area contributed by atoms with E-state index in [0.717, 1.165) is 12.8 Å². The molecule has 0 bridgehead atoms. The largest absolute Gasteiger partial charge is 0.469 e. The van der Waals surface area contributed by atoms with E-state index in [0.29, 0.717) is 12.3 Å². The molecule has 0 aliphatic rings. The summed E-state index contributed by atoms with van der Waals surface area (Å²) >= 11 is 0. The summed E-state index contributed by atoms with van der Waals surface area (Å²) in [5, 5.41) is 0. The number of hydrogen-bond donors (Lipinski definition) is 0. The van der Waals surface area contributed by atoms with Crippen LogP contribution in [0.1, 0.15) is 65.2 Å². The first kappa shape index (κ1) is 14.5. The van der Waals surface area contributed by atoms with E-state index in [4.69, 9.17) is 4.74 Å². The Morgan fingerprint density at radius 1 is 1.07 bits per heavy atom. The fraction of sp³-hybridized carbons (Fsp3) is 0.923. The Morgan fingerprint density at radius 2 is 1.80 bits per heavy atom. The lowest BCUT2D eigenvalue weighted by Gasteiger charge is -2.14. The van der Waals surface area contributed by atoms with Crippen molar-refractivity contribution < 1.29 is 9.53 Å². The summed E-state index contributed by atoms with van der Waals surface area (Å²) in [4.78, 5) is 11.2. The second kappa shape index (κ2) is 10.0. The molecule has 90 valence electrons. The van der Waals surface area contributed by atoms with E-state index < -0.39 is 0 Å². The van der Waals surface area contributed by atoms with E-state index in [2.05, 4.69) is 13.8 Å². The van der Waals surface area contributed by atoms with Crippen LogP contribution in [-0.4, -0.2) is 13.1 Å². The molecule has 15 heavy (non-hydrogen) atoms. The predicted molar refractivity (Wildman–Crippen MR) is 63.8 cm³/mol. The van der Waals surface area contributed by atoms with Gasteiger partial charge >= 0.3 is 5.97 Å². The molecule has 0 aliphatic carbocycles. The molecule has 0 N–H and O–H groups in total. The molecule has 0 fully saturated rings. The number of methoxy groups -OCH3 is 1. The van der Waals surface area contributed by atoms with Crippen LogP contribution in [0, 0.1) is 5.92 Å². The van der Waals surface area contributed by atoms with Crippen molar-refractivity contribution in [1.29, 1.82) is 0 Å².